The summed E-state index contributed by atoms with van der Waals surface area (Å²) in [4.78, 5) is 11.9. The van der Waals surface area contributed by atoms with Gasteiger partial charge in [-0.2, -0.15) is 8.42 Å². The smallest absolute Gasteiger partial charge is 0.416 e. The average molecular weight is 470 g/mol. The van der Waals surface area contributed by atoms with Crippen molar-refractivity contribution < 1.29 is 32.0 Å². The molecule has 9 heteroatoms. The zero-order valence-electron chi connectivity index (χ0n) is 17.9. The van der Waals surface area contributed by atoms with E-state index in [2.05, 4.69) is 0 Å². The van der Waals surface area contributed by atoms with Gasteiger partial charge in [0.2, 0.25) is 0 Å². The number of ether oxygens (including phenoxy) is 2. The van der Waals surface area contributed by atoms with Crippen molar-refractivity contribution in [1.29, 1.82) is 0 Å². The van der Waals surface area contributed by atoms with E-state index in [-0.39, 0.29) is 31.3 Å². The maximum absolute atomic E-state index is 12.1. The van der Waals surface area contributed by atoms with Gasteiger partial charge in [-0.3, -0.25) is 4.18 Å². The number of carbonyl (C=O) groups is 1. The summed E-state index contributed by atoms with van der Waals surface area (Å²) in [5, 5.41) is 11.3. The normalized spacial score (nSPS) is 11.8. The van der Waals surface area contributed by atoms with Crippen molar-refractivity contribution in [2.45, 2.75) is 11.8 Å². The summed E-state index contributed by atoms with van der Waals surface area (Å²) in [5.74, 6) is 0.509. The maximum Gasteiger partial charge on any atom is 0.416 e. The quantitative estimate of drug-likeness (QED) is 0.286. The molecular weight excluding hydrogens is 446 g/mol. The Labute approximate surface area is 191 Å². The van der Waals surface area contributed by atoms with Crippen LogP contribution in [0.25, 0.3) is 21.8 Å². The van der Waals surface area contributed by atoms with Gasteiger partial charge in [-0.05, 0) is 37.3 Å². The van der Waals surface area contributed by atoms with Gasteiger partial charge in [0.25, 0.3) is 10.1 Å². The minimum atomic E-state index is -3.82. The summed E-state index contributed by atoms with van der Waals surface area (Å²) in [7, 11) is -3.82. The number of para-hydroxylation sites is 1. The van der Waals surface area contributed by atoms with E-state index in [0.717, 1.165) is 16.3 Å². The molecule has 8 nitrogen and oxygen atoms in total. The van der Waals surface area contributed by atoms with Gasteiger partial charge in [0.1, 0.15) is 12.4 Å². The van der Waals surface area contributed by atoms with E-state index in [0.29, 0.717) is 16.8 Å². The molecule has 0 saturated heterocycles. The highest BCUT2D eigenvalue weighted by atomic mass is 32.2. The van der Waals surface area contributed by atoms with Crippen molar-refractivity contribution in [3.8, 4) is 5.75 Å². The number of rotatable bonds is 9. The second kappa shape index (κ2) is 9.62. The monoisotopic (exact) mass is 469 g/mol. The molecule has 0 fully saturated rings. The van der Waals surface area contributed by atoms with Crippen molar-refractivity contribution in [2.75, 3.05) is 26.4 Å². The van der Waals surface area contributed by atoms with Gasteiger partial charge >= 0.3 is 6.09 Å². The molecule has 0 aliphatic carbocycles. The second-order valence-electron chi connectivity index (χ2n) is 7.36. The molecule has 0 radical (unpaired) electrons. The lowest BCUT2D eigenvalue weighted by molar-refractivity contribution is 0.0779. The van der Waals surface area contributed by atoms with E-state index in [1.165, 1.54) is 16.7 Å². The third-order valence-electron chi connectivity index (χ3n) is 5.11. The standard InChI is InChI=1S/C24H23NO7S/c1-17-6-9-19(10-7-17)33(28,29)32-15-13-30-12-14-31-18-8-11-21-20-4-2-3-5-22(20)25(24(26)27)23(21)16-18/h2-11,16H,12-15H2,1H3,(H,26,27). The van der Waals surface area contributed by atoms with Gasteiger partial charge in [0.05, 0.1) is 35.7 Å². The first-order valence-corrected chi connectivity index (χ1v) is 11.7. The summed E-state index contributed by atoms with van der Waals surface area (Å²) >= 11 is 0. The van der Waals surface area contributed by atoms with Gasteiger partial charge in [0, 0.05) is 16.8 Å². The van der Waals surface area contributed by atoms with Gasteiger partial charge < -0.3 is 14.6 Å². The van der Waals surface area contributed by atoms with Crippen molar-refractivity contribution >= 4 is 38.0 Å². The Balaban J connectivity index is 1.29. The van der Waals surface area contributed by atoms with E-state index in [9.17, 15) is 18.3 Å². The van der Waals surface area contributed by atoms with Crippen LogP contribution in [0.5, 0.6) is 5.75 Å². The molecule has 0 aliphatic heterocycles. The summed E-state index contributed by atoms with van der Waals surface area (Å²) in [6.07, 6.45) is -1.07. The van der Waals surface area contributed by atoms with Crippen LogP contribution in [0.1, 0.15) is 5.56 Å². The fourth-order valence-electron chi connectivity index (χ4n) is 3.54. The Kier molecular flexibility index (Phi) is 6.64. The third kappa shape index (κ3) is 5.00. The molecule has 3 aromatic carbocycles. The van der Waals surface area contributed by atoms with Crippen LogP contribution in [0, 0.1) is 6.92 Å². The number of carboxylic acid groups (broad SMARTS) is 1. The minimum Gasteiger partial charge on any atom is -0.491 e. The Morgan fingerprint density at radius 1 is 0.879 bits per heavy atom. The molecule has 0 spiro atoms. The molecule has 33 heavy (non-hydrogen) atoms. The Hall–Kier alpha value is -3.40. The molecule has 0 bridgehead atoms. The lowest BCUT2D eigenvalue weighted by Crippen LogP contribution is -2.14. The number of nitrogens with zero attached hydrogens (tertiary/aromatic N) is 1. The lowest BCUT2D eigenvalue weighted by atomic mass is 10.1. The van der Waals surface area contributed by atoms with Crippen molar-refractivity contribution in [2.24, 2.45) is 0 Å². The van der Waals surface area contributed by atoms with E-state index in [4.69, 9.17) is 13.7 Å². The Morgan fingerprint density at radius 2 is 1.58 bits per heavy atom. The van der Waals surface area contributed by atoms with Crippen LogP contribution in [0.15, 0.2) is 71.6 Å². The number of benzene rings is 3. The molecule has 0 unspecified atom stereocenters. The highest BCUT2D eigenvalue weighted by Crippen LogP contribution is 2.31. The fourth-order valence-corrected chi connectivity index (χ4v) is 4.44. The van der Waals surface area contributed by atoms with Crippen LogP contribution in [0.4, 0.5) is 4.79 Å². The molecule has 0 atom stereocenters. The van der Waals surface area contributed by atoms with Crippen LogP contribution in [0.3, 0.4) is 0 Å². The number of aromatic nitrogens is 1. The SMILES string of the molecule is Cc1ccc(S(=O)(=O)OCCOCCOc2ccc3c4ccccc4n(C(=O)O)c3c2)cc1. The molecule has 1 aromatic heterocycles. The Morgan fingerprint density at radius 3 is 2.33 bits per heavy atom. The molecule has 4 aromatic rings. The first-order chi connectivity index (χ1) is 15.9. The zero-order chi connectivity index (χ0) is 23.4. The minimum absolute atomic E-state index is 0.0841. The van der Waals surface area contributed by atoms with Crippen LogP contribution >= 0.6 is 0 Å². The van der Waals surface area contributed by atoms with E-state index in [1.54, 1.807) is 36.4 Å². The van der Waals surface area contributed by atoms with Gasteiger partial charge in [-0.25, -0.2) is 9.36 Å². The summed E-state index contributed by atoms with van der Waals surface area (Å²) in [5.41, 5.74) is 2.11. The third-order valence-corrected chi connectivity index (χ3v) is 6.44. The van der Waals surface area contributed by atoms with E-state index < -0.39 is 16.2 Å². The van der Waals surface area contributed by atoms with Crippen LogP contribution in [-0.2, 0) is 19.0 Å². The highest BCUT2D eigenvalue weighted by Gasteiger charge is 2.16. The van der Waals surface area contributed by atoms with Crippen molar-refractivity contribution in [3.05, 3.63) is 72.3 Å². The Bertz CT molecular complexity index is 1390. The summed E-state index contributed by atoms with van der Waals surface area (Å²) in [6, 6.07) is 19.0. The van der Waals surface area contributed by atoms with Crippen molar-refractivity contribution in [1.82, 2.24) is 4.57 Å². The topological polar surface area (TPSA) is 104 Å². The van der Waals surface area contributed by atoms with Crippen LogP contribution in [0.2, 0.25) is 0 Å². The van der Waals surface area contributed by atoms with Crippen LogP contribution < -0.4 is 4.74 Å². The predicted octanol–water partition coefficient (Wildman–Crippen LogP) is 4.43. The highest BCUT2D eigenvalue weighted by molar-refractivity contribution is 7.86. The average Bonchev–Trinajstić information content (AvgIpc) is 3.12. The van der Waals surface area contributed by atoms with E-state index in [1.807, 2.05) is 25.1 Å². The number of aryl methyl sites for hydroxylation is 1. The largest absolute Gasteiger partial charge is 0.491 e. The number of hydrogen-bond acceptors (Lipinski definition) is 6. The maximum atomic E-state index is 12.1. The molecule has 1 heterocycles. The molecule has 4 rings (SSSR count). The zero-order valence-corrected chi connectivity index (χ0v) is 18.7. The molecule has 0 amide bonds. The van der Waals surface area contributed by atoms with Gasteiger partial charge in [0.15, 0.2) is 0 Å². The molecule has 1 N–H and O–H groups in total. The molecule has 0 aliphatic rings. The lowest BCUT2D eigenvalue weighted by Gasteiger charge is -2.09. The van der Waals surface area contributed by atoms with E-state index >= 15 is 0 Å². The summed E-state index contributed by atoms with van der Waals surface area (Å²) in [6.45, 7) is 2.27. The molecule has 0 saturated carbocycles. The second-order valence-corrected chi connectivity index (χ2v) is 8.98. The van der Waals surface area contributed by atoms with Gasteiger partial charge in [-0.1, -0.05) is 35.9 Å². The molecular formula is C24H23NO7S. The fraction of sp³-hybridized carbons (Fsp3) is 0.208. The summed E-state index contributed by atoms with van der Waals surface area (Å²) < 4.78 is 41.5. The van der Waals surface area contributed by atoms with Gasteiger partial charge in [-0.15, -0.1) is 0 Å². The number of fused-ring (bicyclic) bond motifs is 3. The number of hydrogen-bond donors (Lipinski definition) is 1. The molecule has 172 valence electrons. The predicted molar refractivity (Wildman–Crippen MR) is 123 cm³/mol. The van der Waals surface area contributed by atoms with Crippen molar-refractivity contribution in [3.63, 3.8) is 0 Å². The first-order valence-electron chi connectivity index (χ1n) is 10.3. The van der Waals surface area contributed by atoms with Crippen LogP contribution in [-0.4, -0.2) is 50.6 Å². The first kappa shape index (κ1) is 22.8.